The highest BCUT2D eigenvalue weighted by Crippen LogP contribution is 2.16. The first-order chi connectivity index (χ1) is 5.38. The van der Waals surface area contributed by atoms with E-state index >= 15 is 0 Å². The van der Waals surface area contributed by atoms with Crippen LogP contribution in [0.1, 0.15) is 0 Å². The quantitative estimate of drug-likeness (QED) is 0.517. The van der Waals surface area contributed by atoms with Crippen LogP contribution in [0, 0.1) is 5.92 Å². The van der Waals surface area contributed by atoms with E-state index in [-0.39, 0.29) is 11.8 Å². The molecule has 2 aliphatic rings. The van der Waals surface area contributed by atoms with Crippen molar-refractivity contribution in [3.63, 3.8) is 0 Å². The van der Waals surface area contributed by atoms with Crippen molar-refractivity contribution in [3.8, 4) is 0 Å². The summed E-state index contributed by atoms with van der Waals surface area (Å²) in [5.41, 5.74) is 6.27. The minimum atomic E-state index is -0.120. The van der Waals surface area contributed by atoms with Crippen LogP contribution in [0.3, 0.4) is 0 Å². The highest BCUT2D eigenvalue weighted by Gasteiger charge is 2.26. The van der Waals surface area contributed by atoms with Gasteiger partial charge < -0.3 is 5.43 Å². The van der Waals surface area contributed by atoms with Gasteiger partial charge in [-0.25, -0.2) is 0 Å². The molecule has 2 rings (SSSR count). The van der Waals surface area contributed by atoms with Crippen LogP contribution < -0.4 is 10.9 Å². The standard InChI is InChI=1S/C8H8N2O/c11-8-6-4-2-1-3-5-7(6)9-10-8/h1-6,9H,(H,10,11). The lowest BCUT2D eigenvalue weighted by Gasteiger charge is -1.97. The summed E-state index contributed by atoms with van der Waals surface area (Å²) in [5, 5.41) is 0. The Morgan fingerprint density at radius 1 is 1.18 bits per heavy atom. The topological polar surface area (TPSA) is 41.1 Å². The molecule has 2 N–H and O–H groups in total. The van der Waals surface area contributed by atoms with Crippen LogP contribution in [-0.2, 0) is 4.79 Å². The lowest BCUT2D eigenvalue weighted by atomic mass is 10.1. The maximum absolute atomic E-state index is 11.1. The Morgan fingerprint density at radius 3 is 3.00 bits per heavy atom. The van der Waals surface area contributed by atoms with Gasteiger partial charge in [0.05, 0.1) is 5.92 Å². The molecule has 1 heterocycles. The third-order valence-electron chi connectivity index (χ3n) is 1.75. The van der Waals surface area contributed by atoms with E-state index in [1.165, 1.54) is 0 Å². The smallest absolute Gasteiger partial charge is 0.251 e. The molecule has 1 aliphatic carbocycles. The maximum atomic E-state index is 11.1. The molecule has 0 aromatic carbocycles. The third-order valence-corrected chi connectivity index (χ3v) is 1.75. The maximum Gasteiger partial charge on any atom is 0.251 e. The molecule has 0 bridgehead atoms. The van der Waals surface area contributed by atoms with Crippen molar-refractivity contribution < 1.29 is 4.79 Å². The number of rotatable bonds is 0. The SMILES string of the molecule is O=C1NNC2=CC=CC=CC12. The molecule has 1 unspecified atom stereocenters. The van der Waals surface area contributed by atoms with Gasteiger partial charge in [0.2, 0.25) is 0 Å². The summed E-state index contributed by atoms with van der Waals surface area (Å²) in [6.45, 7) is 0. The largest absolute Gasteiger partial charge is 0.302 e. The fraction of sp³-hybridized carbons (Fsp3) is 0.125. The molecular weight excluding hydrogens is 140 g/mol. The number of allylic oxidation sites excluding steroid dienone is 4. The zero-order valence-corrected chi connectivity index (χ0v) is 5.87. The summed E-state index contributed by atoms with van der Waals surface area (Å²) in [4.78, 5) is 11.1. The number of nitrogens with one attached hydrogen (secondary N) is 2. The number of hydrogen-bond acceptors (Lipinski definition) is 2. The fourth-order valence-electron chi connectivity index (χ4n) is 1.17. The highest BCUT2D eigenvalue weighted by atomic mass is 16.2. The van der Waals surface area contributed by atoms with E-state index in [4.69, 9.17) is 0 Å². The van der Waals surface area contributed by atoms with Crippen LogP contribution in [0.25, 0.3) is 0 Å². The monoisotopic (exact) mass is 148 g/mol. The average molecular weight is 148 g/mol. The molecule has 11 heavy (non-hydrogen) atoms. The van der Waals surface area contributed by atoms with E-state index < -0.39 is 0 Å². The molecule has 0 radical (unpaired) electrons. The van der Waals surface area contributed by atoms with E-state index in [1.807, 2.05) is 30.4 Å². The summed E-state index contributed by atoms with van der Waals surface area (Å²) in [6.07, 6.45) is 9.44. The van der Waals surface area contributed by atoms with E-state index in [2.05, 4.69) is 10.9 Å². The van der Waals surface area contributed by atoms with E-state index in [0.717, 1.165) is 5.70 Å². The molecule has 0 aromatic heterocycles. The summed E-state index contributed by atoms with van der Waals surface area (Å²) in [5.74, 6) is -0.110. The Labute approximate surface area is 64.4 Å². The third kappa shape index (κ3) is 0.941. The molecule has 1 atom stereocenters. The Bertz CT molecular complexity index is 276. The first-order valence-corrected chi connectivity index (χ1v) is 3.49. The number of carbonyl (C=O) groups excluding carboxylic acids is 1. The fourth-order valence-corrected chi connectivity index (χ4v) is 1.17. The Balaban J connectivity index is 2.37. The number of amides is 1. The number of fused-ring (bicyclic) bond motifs is 1. The summed E-state index contributed by atoms with van der Waals surface area (Å²) >= 11 is 0. The van der Waals surface area contributed by atoms with Crippen molar-refractivity contribution in [3.05, 3.63) is 36.1 Å². The summed E-state index contributed by atoms with van der Waals surface area (Å²) in [7, 11) is 0. The van der Waals surface area contributed by atoms with Crippen molar-refractivity contribution in [2.24, 2.45) is 5.92 Å². The molecule has 1 aliphatic heterocycles. The van der Waals surface area contributed by atoms with Crippen LogP contribution in [0.2, 0.25) is 0 Å². The lowest BCUT2D eigenvalue weighted by Crippen LogP contribution is -2.25. The second-order valence-corrected chi connectivity index (χ2v) is 2.48. The molecule has 56 valence electrons. The van der Waals surface area contributed by atoms with Gasteiger partial charge in [0.25, 0.3) is 5.91 Å². The molecule has 0 spiro atoms. The molecule has 1 saturated heterocycles. The Morgan fingerprint density at radius 2 is 2.09 bits per heavy atom. The minimum Gasteiger partial charge on any atom is -0.302 e. The van der Waals surface area contributed by atoms with Crippen LogP contribution >= 0.6 is 0 Å². The highest BCUT2D eigenvalue weighted by molar-refractivity contribution is 5.86. The predicted molar refractivity (Wildman–Crippen MR) is 41.1 cm³/mol. The number of hydrazine groups is 1. The van der Waals surface area contributed by atoms with E-state index in [0.29, 0.717) is 0 Å². The first kappa shape index (κ1) is 6.22. The van der Waals surface area contributed by atoms with Gasteiger partial charge in [-0.15, -0.1) is 0 Å². The number of carbonyl (C=O) groups is 1. The van der Waals surface area contributed by atoms with Gasteiger partial charge >= 0.3 is 0 Å². The normalized spacial score (nSPS) is 26.7. The Hall–Kier alpha value is -1.51. The van der Waals surface area contributed by atoms with E-state index in [1.54, 1.807) is 0 Å². The molecule has 1 amide bonds. The van der Waals surface area contributed by atoms with Crippen molar-refractivity contribution in [1.29, 1.82) is 0 Å². The van der Waals surface area contributed by atoms with Gasteiger partial charge in [-0.2, -0.15) is 0 Å². The Kier molecular flexibility index (Phi) is 1.28. The van der Waals surface area contributed by atoms with Crippen molar-refractivity contribution in [1.82, 2.24) is 10.9 Å². The van der Waals surface area contributed by atoms with Crippen LogP contribution in [-0.4, -0.2) is 5.91 Å². The van der Waals surface area contributed by atoms with Gasteiger partial charge in [0, 0.05) is 5.70 Å². The molecular formula is C8H8N2O. The van der Waals surface area contributed by atoms with Gasteiger partial charge in [-0.1, -0.05) is 24.3 Å². The molecule has 3 heteroatoms. The first-order valence-electron chi connectivity index (χ1n) is 3.49. The number of hydrogen-bond donors (Lipinski definition) is 2. The summed E-state index contributed by atoms with van der Waals surface area (Å²) in [6, 6.07) is 0. The van der Waals surface area contributed by atoms with Crippen LogP contribution in [0.15, 0.2) is 36.1 Å². The molecule has 0 saturated carbocycles. The van der Waals surface area contributed by atoms with Crippen LogP contribution in [0.5, 0.6) is 0 Å². The minimum absolute atomic E-state index is 0.0104. The van der Waals surface area contributed by atoms with E-state index in [9.17, 15) is 4.79 Å². The van der Waals surface area contributed by atoms with Crippen molar-refractivity contribution in [2.75, 3.05) is 0 Å². The predicted octanol–water partition coefficient (Wildman–Crippen LogP) is 0.247. The average Bonchev–Trinajstić information content (AvgIpc) is 2.25. The zero-order valence-electron chi connectivity index (χ0n) is 5.87. The molecule has 0 aromatic rings. The van der Waals surface area contributed by atoms with Gasteiger partial charge in [0.15, 0.2) is 0 Å². The molecule has 1 fully saturated rings. The van der Waals surface area contributed by atoms with Gasteiger partial charge in [-0.3, -0.25) is 10.2 Å². The zero-order chi connectivity index (χ0) is 7.68. The van der Waals surface area contributed by atoms with Gasteiger partial charge in [0.1, 0.15) is 0 Å². The summed E-state index contributed by atoms with van der Waals surface area (Å²) < 4.78 is 0. The second-order valence-electron chi connectivity index (χ2n) is 2.48. The van der Waals surface area contributed by atoms with Crippen LogP contribution in [0.4, 0.5) is 0 Å². The van der Waals surface area contributed by atoms with Crippen molar-refractivity contribution in [2.45, 2.75) is 0 Å². The van der Waals surface area contributed by atoms with Gasteiger partial charge in [-0.05, 0) is 6.08 Å². The van der Waals surface area contributed by atoms with Crippen molar-refractivity contribution >= 4 is 5.91 Å². The second kappa shape index (κ2) is 2.27. The molecule has 3 nitrogen and oxygen atoms in total. The lowest BCUT2D eigenvalue weighted by molar-refractivity contribution is -0.121.